The van der Waals surface area contributed by atoms with Gasteiger partial charge in [0.15, 0.2) is 0 Å². The predicted molar refractivity (Wildman–Crippen MR) is 94.8 cm³/mol. The number of likely N-dealkylation sites (tertiary alicyclic amines) is 1. The lowest BCUT2D eigenvalue weighted by Gasteiger charge is -2.25. The fraction of sp³-hybridized carbons (Fsp3) is 0.350. The van der Waals surface area contributed by atoms with Crippen molar-refractivity contribution in [3.05, 3.63) is 70.7 Å². The summed E-state index contributed by atoms with van der Waals surface area (Å²) >= 11 is 5.91. The van der Waals surface area contributed by atoms with Crippen LogP contribution in [0.1, 0.15) is 36.3 Å². The van der Waals surface area contributed by atoms with Gasteiger partial charge in [-0.15, -0.1) is 0 Å². The Labute approximate surface area is 143 Å². The van der Waals surface area contributed by atoms with Gasteiger partial charge in [0.05, 0.1) is 6.42 Å². The molecule has 1 saturated heterocycles. The van der Waals surface area contributed by atoms with Crippen LogP contribution < -0.4 is 0 Å². The number of rotatable bonds is 3. The topological polar surface area (TPSA) is 20.3 Å². The van der Waals surface area contributed by atoms with E-state index < -0.39 is 0 Å². The molecular formula is C20H22ClNO. The van der Waals surface area contributed by atoms with E-state index in [-0.39, 0.29) is 5.91 Å². The highest BCUT2D eigenvalue weighted by atomic mass is 35.5. The van der Waals surface area contributed by atoms with Crippen LogP contribution in [0.25, 0.3) is 0 Å². The average Bonchev–Trinajstić information content (AvgIpc) is 2.84. The van der Waals surface area contributed by atoms with Crippen molar-refractivity contribution in [3.63, 3.8) is 0 Å². The maximum absolute atomic E-state index is 12.7. The van der Waals surface area contributed by atoms with Crippen LogP contribution in [0, 0.1) is 0 Å². The molecule has 1 fully saturated rings. The van der Waals surface area contributed by atoms with Crippen molar-refractivity contribution in [2.75, 3.05) is 13.1 Å². The second kappa shape index (κ2) is 7.65. The van der Waals surface area contributed by atoms with Crippen LogP contribution in [0.4, 0.5) is 0 Å². The smallest absolute Gasteiger partial charge is 0.227 e. The fourth-order valence-corrected chi connectivity index (χ4v) is 3.38. The van der Waals surface area contributed by atoms with Crippen molar-refractivity contribution in [3.8, 4) is 0 Å². The molecular weight excluding hydrogens is 306 g/mol. The number of hydrogen-bond donors (Lipinski definition) is 0. The number of carbonyl (C=O) groups is 1. The molecule has 1 aliphatic heterocycles. The van der Waals surface area contributed by atoms with Crippen LogP contribution in [0.5, 0.6) is 0 Å². The zero-order valence-corrected chi connectivity index (χ0v) is 14.0. The molecule has 0 N–H and O–H groups in total. The lowest BCUT2D eigenvalue weighted by atomic mass is 9.94. The maximum Gasteiger partial charge on any atom is 0.227 e. The highest BCUT2D eigenvalue weighted by molar-refractivity contribution is 6.30. The lowest BCUT2D eigenvalue weighted by molar-refractivity contribution is -0.130. The summed E-state index contributed by atoms with van der Waals surface area (Å²) in [6.45, 7) is 1.70. The van der Waals surface area contributed by atoms with Crippen molar-refractivity contribution >= 4 is 17.5 Å². The predicted octanol–water partition coefficient (Wildman–Crippen LogP) is 4.68. The molecule has 0 aromatic heterocycles. The first-order chi connectivity index (χ1) is 11.2. The Hall–Kier alpha value is -1.80. The molecule has 2 aromatic rings. The van der Waals surface area contributed by atoms with Crippen molar-refractivity contribution in [2.24, 2.45) is 0 Å². The SMILES string of the molecule is O=C(Cc1ccc(Cl)cc1)N1CCCCC(c2ccccc2)C1. The second-order valence-electron chi connectivity index (χ2n) is 6.25. The van der Waals surface area contributed by atoms with E-state index in [1.165, 1.54) is 12.0 Å². The number of benzene rings is 2. The first-order valence-electron chi connectivity index (χ1n) is 8.29. The summed E-state index contributed by atoms with van der Waals surface area (Å²) in [5.41, 5.74) is 2.37. The van der Waals surface area contributed by atoms with Crippen molar-refractivity contribution in [2.45, 2.75) is 31.6 Å². The average molecular weight is 328 g/mol. The summed E-state index contributed by atoms with van der Waals surface area (Å²) in [5.74, 6) is 0.669. The molecule has 120 valence electrons. The third kappa shape index (κ3) is 4.35. The third-order valence-corrected chi connectivity index (χ3v) is 4.82. The van der Waals surface area contributed by atoms with Crippen LogP contribution in [0.3, 0.4) is 0 Å². The van der Waals surface area contributed by atoms with E-state index in [0.717, 1.165) is 31.5 Å². The van der Waals surface area contributed by atoms with E-state index in [0.29, 0.717) is 17.4 Å². The van der Waals surface area contributed by atoms with Gasteiger partial charge in [0, 0.05) is 24.0 Å². The minimum Gasteiger partial charge on any atom is -0.342 e. The number of hydrogen-bond acceptors (Lipinski definition) is 1. The number of carbonyl (C=O) groups excluding carboxylic acids is 1. The van der Waals surface area contributed by atoms with Crippen molar-refractivity contribution in [1.82, 2.24) is 4.90 Å². The Balaban J connectivity index is 1.68. The maximum atomic E-state index is 12.7. The first-order valence-corrected chi connectivity index (χ1v) is 8.67. The first kappa shape index (κ1) is 16.1. The number of amides is 1. The molecule has 0 bridgehead atoms. The molecule has 1 unspecified atom stereocenters. The summed E-state index contributed by atoms with van der Waals surface area (Å²) in [6.07, 6.45) is 3.90. The van der Waals surface area contributed by atoms with Gasteiger partial charge in [0.1, 0.15) is 0 Å². The Morgan fingerprint density at radius 2 is 1.78 bits per heavy atom. The van der Waals surface area contributed by atoms with Crippen molar-refractivity contribution in [1.29, 1.82) is 0 Å². The molecule has 0 saturated carbocycles. The molecule has 3 heteroatoms. The van der Waals surface area contributed by atoms with E-state index in [9.17, 15) is 4.79 Å². The van der Waals surface area contributed by atoms with Crippen LogP contribution in [0.15, 0.2) is 54.6 Å². The zero-order valence-electron chi connectivity index (χ0n) is 13.2. The lowest BCUT2D eigenvalue weighted by Crippen LogP contribution is -2.35. The molecule has 1 aliphatic rings. The Morgan fingerprint density at radius 1 is 1.04 bits per heavy atom. The van der Waals surface area contributed by atoms with E-state index >= 15 is 0 Å². The summed E-state index contributed by atoms with van der Waals surface area (Å²) in [7, 11) is 0. The highest BCUT2D eigenvalue weighted by Gasteiger charge is 2.23. The van der Waals surface area contributed by atoms with Crippen molar-refractivity contribution < 1.29 is 4.79 Å². The van der Waals surface area contributed by atoms with Crippen LogP contribution in [-0.2, 0) is 11.2 Å². The van der Waals surface area contributed by atoms with E-state index in [1.807, 2.05) is 35.2 Å². The molecule has 2 aromatic carbocycles. The van der Waals surface area contributed by atoms with E-state index in [4.69, 9.17) is 11.6 Å². The Kier molecular flexibility index (Phi) is 5.35. The highest BCUT2D eigenvalue weighted by Crippen LogP contribution is 2.26. The van der Waals surface area contributed by atoms with Gasteiger partial charge >= 0.3 is 0 Å². The molecule has 1 atom stereocenters. The van der Waals surface area contributed by atoms with Gasteiger partial charge in [0.2, 0.25) is 5.91 Å². The summed E-state index contributed by atoms with van der Waals surface area (Å²) in [4.78, 5) is 14.7. The normalized spacial score (nSPS) is 18.5. The molecule has 1 heterocycles. The minimum atomic E-state index is 0.218. The van der Waals surface area contributed by atoms with E-state index in [2.05, 4.69) is 24.3 Å². The molecule has 0 radical (unpaired) electrons. The van der Waals surface area contributed by atoms with Crippen LogP contribution in [0.2, 0.25) is 5.02 Å². The summed E-state index contributed by atoms with van der Waals surface area (Å²) in [6, 6.07) is 18.1. The van der Waals surface area contributed by atoms with Gasteiger partial charge in [-0.25, -0.2) is 0 Å². The minimum absolute atomic E-state index is 0.218. The molecule has 0 spiro atoms. The molecule has 23 heavy (non-hydrogen) atoms. The third-order valence-electron chi connectivity index (χ3n) is 4.56. The molecule has 0 aliphatic carbocycles. The van der Waals surface area contributed by atoms with Gasteiger partial charge in [-0.2, -0.15) is 0 Å². The van der Waals surface area contributed by atoms with Gasteiger partial charge in [-0.1, -0.05) is 60.5 Å². The quantitative estimate of drug-likeness (QED) is 0.801. The number of nitrogens with zero attached hydrogens (tertiary/aromatic N) is 1. The molecule has 3 rings (SSSR count). The van der Waals surface area contributed by atoms with Crippen LogP contribution >= 0.6 is 11.6 Å². The largest absolute Gasteiger partial charge is 0.342 e. The van der Waals surface area contributed by atoms with Crippen LogP contribution in [-0.4, -0.2) is 23.9 Å². The van der Waals surface area contributed by atoms with Gasteiger partial charge < -0.3 is 4.90 Å². The van der Waals surface area contributed by atoms with Gasteiger partial charge in [-0.3, -0.25) is 4.79 Å². The summed E-state index contributed by atoms with van der Waals surface area (Å²) < 4.78 is 0. The van der Waals surface area contributed by atoms with Gasteiger partial charge in [0.25, 0.3) is 0 Å². The zero-order chi connectivity index (χ0) is 16.1. The molecule has 1 amide bonds. The second-order valence-corrected chi connectivity index (χ2v) is 6.68. The standard InChI is InChI=1S/C20H22ClNO/c21-19-11-9-16(10-12-19)14-20(23)22-13-5-4-8-18(15-22)17-6-2-1-3-7-17/h1-3,6-7,9-12,18H,4-5,8,13-15H2. The Bertz CT molecular complexity index is 638. The van der Waals surface area contributed by atoms with Gasteiger partial charge in [-0.05, 0) is 36.1 Å². The molecule has 2 nitrogen and oxygen atoms in total. The fourth-order valence-electron chi connectivity index (χ4n) is 3.25. The monoisotopic (exact) mass is 327 g/mol. The van der Waals surface area contributed by atoms with E-state index in [1.54, 1.807) is 0 Å². The summed E-state index contributed by atoms with van der Waals surface area (Å²) in [5, 5.41) is 0.708. The Morgan fingerprint density at radius 3 is 2.52 bits per heavy atom. The number of halogens is 1.